The zero-order valence-corrected chi connectivity index (χ0v) is 12.0. The molecular formula is C13H22N2OS. The van der Waals surface area contributed by atoms with Crippen LogP contribution in [-0.4, -0.2) is 20.1 Å². The quantitative estimate of drug-likeness (QED) is 0.646. The molecule has 3 nitrogen and oxygen atoms in total. The Bertz CT molecular complexity index is 452. The van der Waals surface area contributed by atoms with Gasteiger partial charge in [-0.25, -0.2) is 0 Å². The average molecular weight is 254 g/mol. The summed E-state index contributed by atoms with van der Waals surface area (Å²) in [7, 11) is 2.00. The maximum absolute atomic E-state index is 11.8. The van der Waals surface area contributed by atoms with Crippen LogP contribution < -0.4 is 16.1 Å². The Morgan fingerprint density at radius 3 is 2.35 bits per heavy atom. The lowest BCUT2D eigenvalue weighted by Crippen LogP contribution is -2.35. The molecule has 4 heteroatoms. The second-order valence-corrected chi connectivity index (χ2v) is 5.96. The van der Waals surface area contributed by atoms with E-state index in [-0.39, 0.29) is 10.8 Å². The minimum absolute atomic E-state index is 0.0492. The number of hydrogen-bond donors (Lipinski definition) is 1. The van der Waals surface area contributed by atoms with Crippen LogP contribution in [-0.2, 0) is 5.41 Å². The predicted molar refractivity (Wildman–Crippen MR) is 76.2 cm³/mol. The molecule has 0 unspecified atom stereocenters. The second kappa shape index (κ2) is 5.27. The van der Waals surface area contributed by atoms with Crippen molar-refractivity contribution in [3.8, 4) is 0 Å². The van der Waals surface area contributed by atoms with E-state index >= 15 is 0 Å². The van der Waals surface area contributed by atoms with Crippen molar-refractivity contribution < 1.29 is 0 Å². The first-order valence-electron chi connectivity index (χ1n) is 6.05. The molecule has 0 saturated carbocycles. The third kappa shape index (κ3) is 2.93. The highest BCUT2D eigenvalue weighted by atomic mass is 32.1. The van der Waals surface area contributed by atoms with Gasteiger partial charge >= 0.3 is 0 Å². The molecule has 0 aliphatic carbocycles. The molecule has 0 radical (unpaired) electrons. The molecule has 0 aromatic heterocycles. The number of anilines is 1. The summed E-state index contributed by atoms with van der Waals surface area (Å²) in [5, 5.41) is 0. The molecule has 0 aliphatic heterocycles. The smallest absolute Gasteiger partial charge is 0.204 e. The zero-order chi connectivity index (χ0) is 13.2. The van der Waals surface area contributed by atoms with E-state index in [0.717, 1.165) is 30.6 Å². The van der Waals surface area contributed by atoms with Gasteiger partial charge in [-0.3, -0.25) is 4.79 Å². The van der Waals surface area contributed by atoms with Crippen LogP contribution in [0.1, 0.15) is 39.2 Å². The number of hydrogen-bond acceptors (Lipinski definition) is 4. The van der Waals surface area contributed by atoms with Crippen LogP contribution in [0.5, 0.6) is 0 Å². The van der Waals surface area contributed by atoms with Gasteiger partial charge in [0.2, 0.25) is 5.43 Å². The number of rotatable bonds is 5. The van der Waals surface area contributed by atoms with Crippen molar-refractivity contribution in [2.45, 2.75) is 39.0 Å². The summed E-state index contributed by atoms with van der Waals surface area (Å²) in [6, 6.07) is 0. The number of nitrogens with zero attached hydrogens (tertiary/aromatic N) is 1. The van der Waals surface area contributed by atoms with E-state index in [0.29, 0.717) is 11.1 Å². The van der Waals surface area contributed by atoms with Crippen molar-refractivity contribution in [2.75, 3.05) is 25.0 Å². The first-order valence-corrected chi connectivity index (χ1v) is 6.46. The molecule has 1 rings (SSSR count). The van der Waals surface area contributed by atoms with Crippen LogP contribution in [0.25, 0.3) is 0 Å². The van der Waals surface area contributed by atoms with Gasteiger partial charge in [0.05, 0.1) is 5.69 Å². The van der Waals surface area contributed by atoms with E-state index in [1.165, 1.54) is 0 Å². The molecule has 17 heavy (non-hydrogen) atoms. The Hall–Kier alpha value is -0.740. The van der Waals surface area contributed by atoms with Crippen LogP contribution in [0, 0.1) is 4.51 Å². The van der Waals surface area contributed by atoms with E-state index in [4.69, 9.17) is 18.0 Å². The molecule has 0 saturated heterocycles. The van der Waals surface area contributed by atoms with Crippen LogP contribution >= 0.6 is 12.2 Å². The van der Waals surface area contributed by atoms with Crippen molar-refractivity contribution in [2.24, 2.45) is 5.73 Å². The fourth-order valence-electron chi connectivity index (χ4n) is 2.04. The SMILES string of the molecule is CN(CCCCN)c1c(C(C)(C)C)c(=O)c1=S. The van der Waals surface area contributed by atoms with E-state index in [2.05, 4.69) is 25.7 Å². The van der Waals surface area contributed by atoms with Crippen molar-refractivity contribution >= 4 is 17.9 Å². The molecule has 0 amide bonds. The van der Waals surface area contributed by atoms with Crippen LogP contribution in [0.3, 0.4) is 0 Å². The van der Waals surface area contributed by atoms with Crippen LogP contribution in [0.2, 0.25) is 0 Å². The lowest BCUT2D eigenvalue weighted by molar-refractivity contribution is 0.576. The summed E-state index contributed by atoms with van der Waals surface area (Å²) in [6.07, 6.45) is 2.04. The lowest BCUT2D eigenvalue weighted by atomic mass is 9.82. The zero-order valence-electron chi connectivity index (χ0n) is 11.2. The lowest BCUT2D eigenvalue weighted by Gasteiger charge is -2.30. The minimum atomic E-state index is -0.128. The molecular weight excluding hydrogens is 232 g/mol. The van der Waals surface area contributed by atoms with Crippen LogP contribution in [0.15, 0.2) is 4.79 Å². The van der Waals surface area contributed by atoms with Gasteiger partial charge in [0.25, 0.3) is 0 Å². The van der Waals surface area contributed by atoms with Gasteiger partial charge in [0.15, 0.2) is 0 Å². The Morgan fingerprint density at radius 2 is 1.88 bits per heavy atom. The molecule has 1 aromatic carbocycles. The molecule has 1 aromatic rings. The predicted octanol–water partition coefficient (Wildman–Crippen LogP) is 2.12. The van der Waals surface area contributed by atoms with Gasteiger partial charge in [-0.15, -0.1) is 0 Å². The third-order valence-electron chi connectivity index (χ3n) is 2.96. The van der Waals surface area contributed by atoms with E-state index < -0.39 is 0 Å². The molecule has 96 valence electrons. The number of unbranched alkanes of at least 4 members (excludes halogenated alkanes) is 1. The molecule has 0 bridgehead atoms. The van der Waals surface area contributed by atoms with E-state index in [1.807, 2.05) is 7.05 Å². The molecule has 0 spiro atoms. The fourth-order valence-corrected chi connectivity index (χ4v) is 2.40. The van der Waals surface area contributed by atoms with Crippen molar-refractivity contribution in [3.05, 3.63) is 20.3 Å². The highest BCUT2D eigenvalue weighted by Gasteiger charge is 2.29. The maximum atomic E-state index is 11.8. The highest BCUT2D eigenvalue weighted by Crippen LogP contribution is 2.32. The summed E-state index contributed by atoms with van der Waals surface area (Å²) in [5.74, 6) is 0. The van der Waals surface area contributed by atoms with Gasteiger partial charge in [0, 0.05) is 19.2 Å². The Labute approximate surface area is 108 Å². The molecule has 0 heterocycles. The van der Waals surface area contributed by atoms with Crippen molar-refractivity contribution in [3.63, 3.8) is 0 Å². The normalized spacial score (nSPS) is 12.1. The van der Waals surface area contributed by atoms with Crippen LogP contribution in [0.4, 0.5) is 5.69 Å². The number of nitrogens with two attached hydrogens (primary N) is 1. The molecule has 2 N–H and O–H groups in total. The largest absolute Gasteiger partial charge is 0.373 e. The van der Waals surface area contributed by atoms with Gasteiger partial charge in [0.1, 0.15) is 4.51 Å². The monoisotopic (exact) mass is 254 g/mol. The van der Waals surface area contributed by atoms with Crippen molar-refractivity contribution in [1.82, 2.24) is 0 Å². The highest BCUT2D eigenvalue weighted by molar-refractivity contribution is 7.71. The summed E-state index contributed by atoms with van der Waals surface area (Å²) in [4.78, 5) is 13.9. The average Bonchev–Trinajstić information content (AvgIpc) is 2.22. The maximum Gasteiger partial charge on any atom is 0.204 e. The molecule has 0 atom stereocenters. The first kappa shape index (κ1) is 14.3. The van der Waals surface area contributed by atoms with Gasteiger partial charge in [-0.05, 0) is 24.8 Å². The van der Waals surface area contributed by atoms with E-state index in [1.54, 1.807) is 0 Å². The van der Waals surface area contributed by atoms with Crippen molar-refractivity contribution in [1.29, 1.82) is 0 Å². The standard InChI is InChI=1S/C13H22N2OS/c1-13(2,3)9-10(12(17)11(9)16)15(4)8-6-5-7-14/h5-8,14H2,1-4H3. The molecule has 0 aliphatic rings. The van der Waals surface area contributed by atoms with E-state index in [9.17, 15) is 4.79 Å². The Kier molecular flexibility index (Phi) is 4.44. The van der Waals surface area contributed by atoms with Gasteiger partial charge < -0.3 is 10.6 Å². The molecule has 0 fully saturated rings. The van der Waals surface area contributed by atoms with Gasteiger partial charge in [-0.1, -0.05) is 33.0 Å². The first-order chi connectivity index (χ1) is 7.80. The third-order valence-corrected chi connectivity index (χ3v) is 3.34. The summed E-state index contributed by atoms with van der Waals surface area (Å²) in [5.41, 5.74) is 7.23. The fraction of sp³-hybridized carbons (Fsp3) is 0.692. The Morgan fingerprint density at radius 1 is 1.29 bits per heavy atom. The topological polar surface area (TPSA) is 46.3 Å². The Balaban J connectivity index is 2.88. The second-order valence-electron chi connectivity index (χ2n) is 5.55. The summed E-state index contributed by atoms with van der Waals surface area (Å²) >= 11 is 5.15. The summed E-state index contributed by atoms with van der Waals surface area (Å²) in [6.45, 7) is 7.77. The minimum Gasteiger partial charge on any atom is -0.373 e. The summed E-state index contributed by atoms with van der Waals surface area (Å²) < 4.78 is 0.491. The van der Waals surface area contributed by atoms with Gasteiger partial charge in [-0.2, -0.15) is 0 Å².